The molecule has 0 saturated carbocycles. The molecule has 12 heteroatoms. The molecule has 2 atom stereocenters. The van der Waals surface area contributed by atoms with Crippen LogP contribution in [0.4, 0.5) is 0 Å². The van der Waals surface area contributed by atoms with E-state index in [-0.39, 0.29) is 22.5 Å². The Kier molecular flexibility index (Phi) is 10.5. The van der Waals surface area contributed by atoms with Gasteiger partial charge in [-0.15, -0.1) is 22.7 Å². The van der Waals surface area contributed by atoms with Crippen LogP contribution in [0.2, 0.25) is 18.1 Å². The molecule has 7 nitrogen and oxygen atoms in total. The van der Waals surface area contributed by atoms with Crippen molar-refractivity contribution in [2.45, 2.75) is 89.2 Å². The molecule has 1 unspecified atom stereocenters. The highest BCUT2D eigenvalue weighted by atomic mass is 32.2. The van der Waals surface area contributed by atoms with Gasteiger partial charge in [0.25, 0.3) is 0 Å². The van der Waals surface area contributed by atoms with Crippen molar-refractivity contribution in [1.29, 1.82) is 0 Å². The standard InChI is InChI=1S/C28H43N3O4S4Si/c1-20(2)17-31(39(33,34)22-12-13-23-26(15-22)36-19-29-23)24(18-35-40(9,10)28(6,7)8)25-14-11-21(37-25)16-30-38(32)27(3,4)5/h11-16,19-20,24H,17-18H2,1-10H3/t24-,38?/m1/s1. The number of rotatable bonds is 11. The van der Waals surface area contributed by atoms with Gasteiger partial charge in [0.05, 0.1) is 44.4 Å². The molecular weight excluding hydrogens is 599 g/mol. The second-order valence-electron chi connectivity index (χ2n) is 12.9. The van der Waals surface area contributed by atoms with Gasteiger partial charge in [-0.05, 0) is 75.2 Å². The Bertz CT molecular complexity index is 1420. The van der Waals surface area contributed by atoms with E-state index in [1.54, 1.807) is 34.2 Å². The Balaban J connectivity index is 2.08. The van der Waals surface area contributed by atoms with Gasteiger partial charge in [0.15, 0.2) is 8.32 Å². The lowest BCUT2D eigenvalue weighted by Crippen LogP contribution is -2.45. The number of thiophene rings is 1. The minimum atomic E-state index is -3.88. The van der Waals surface area contributed by atoms with E-state index >= 15 is 0 Å². The van der Waals surface area contributed by atoms with Crippen molar-refractivity contribution < 1.29 is 17.4 Å². The van der Waals surface area contributed by atoms with E-state index in [9.17, 15) is 13.0 Å². The van der Waals surface area contributed by atoms with E-state index in [1.165, 1.54) is 22.7 Å². The van der Waals surface area contributed by atoms with Crippen LogP contribution in [-0.4, -0.2) is 54.7 Å². The minimum absolute atomic E-state index is 0.0270. The molecule has 0 spiro atoms. The predicted molar refractivity (Wildman–Crippen MR) is 174 cm³/mol. The van der Waals surface area contributed by atoms with Crippen molar-refractivity contribution in [2.24, 2.45) is 10.3 Å². The smallest absolute Gasteiger partial charge is 0.243 e. The molecule has 0 aliphatic rings. The second-order valence-corrected chi connectivity index (χ2v) is 23.5. The predicted octanol–water partition coefficient (Wildman–Crippen LogP) is 7.65. The average molecular weight is 642 g/mol. The summed E-state index contributed by atoms with van der Waals surface area (Å²) in [6.45, 7) is 21.2. The van der Waals surface area contributed by atoms with E-state index in [4.69, 9.17) is 4.43 Å². The lowest BCUT2D eigenvalue weighted by Gasteiger charge is -2.39. The highest BCUT2D eigenvalue weighted by molar-refractivity contribution is 7.91. The number of benzene rings is 1. The Morgan fingerprint density at radius 2 is 1.82 bits per heavy atom. The molecule has 2 aromatic heterocycles. The van der Waals surface area contributed by atoms with Crippen LogP contribution in [0.25, 0.3) is 10.2 Å². The van der Waals surface area contributed by atoms with Gasteiger partial charge in [-0.2, -0.15) is 4.31 Å². The highest BCUT2D eigenvalue weighted by Crippen LogP contribution is 2.40. The Labute approximate surface area is 252 Å². The summed E-state index contributed by atoms with van der Waals surface area (Å²) in [6, 6.07) is 8.45. The molecule has 0 saturated heterocycles. The van der Waals surface area contributed by atoms with Crippen LogP contribution < -0.4 is 0 Å². The number of hydrogen-bond donors (Lipinski definition) is 0. The van der Waals surface area contributed by atoms with Crippen molar-refractivity contribution in [2.75, 3.05) is 13.2 Å². The quantitative estimate of drug-likeness (QED) is 0.122. The first-order chi connectivity index (χ1) is 18.3. The third-order valence-corrected chi connectivity index (χ3v) is 16.6. The zero-order valence-electron chi connectivity index (χ0n) is 25.2. The molecule has 222 valence electrons. The van der Waals surface area contributed by atoms with Crippen LogP contribution >= 0.6 is 22.7 Å². The topological polar surface area (TPSA) is 94.9 Å². The first-order valence-electron chi connectivity index (χ1n) is 13.4. The van der Waals surface area contributed by atoms with Gasteiger partial charge in [0, 0.05) is 11.4 Å². The zero-order valence-corrected chi connectivity index (χ0v) is 29.5. The van der Waals surface area contributed by atoms with Crippen molar-refractivity contribution in [3.8, 4) is 0 Å². The molecule has 0 N–H and O–H groups in total. The number of nitrogens with zero attached hydrogens (tertiary/aromatic N) is 3. The first kappa shape index (κ1) is 33.4. The zero-order chi connectivity index (χ0) is 30.1. The average Bonchev–Trinajstić information content (AvgIpc) is 3.49. The van der Waals surface area contributed by atoms with E-state index in [1.807, 2.05) is 46.8 Å². The minimum Gasteiger partial charge on any atom is -0.591 e. The van der Waals surface area contributed by atoms with E-state index in [0.717, 1.165) is 20.0 Å². The molecular formula is C28H43N3O4S4Si. The van der Waals surface area contributed by atoms with Crippen LogP contribution in [0.3, 0.4) is 0 Å². The van der Waals surface area contributed by atoms with Crippen LogP contribution in [-0.2, 0) is 25.8 Å². The maximum Gasteiger partial charge on any atom is 0.243 e. The Morgan fingerprint density at radius 1 is 1.15 bits per heavy atom. The molecule has 3 rings (SSSR count). The van der Waals surface area contributed by atoms with Crippen LogP contribution in [0, 0.1) is 5.92 Å². The SMILES string of the molecule is CC(C)CN([C@H](CO[Si](C)(C)C(C)(C)C)c1ccc(C=N[S+]([O-])C(C)(C)C)s1)S(=O)(=O)c1ccc2ncsc2c1. The Hall–Kier alpha value is -1.12. The van der Waals surface area contributed by atoms with Crippen LogP contribution in [0.1, 0.15) is 71.2 Å². The maximum atomic E-state index is 14.3. The summed E-state index contributed by atoms with van der Waals surface area (Å²) in [5, 5.41) is -0.0270. The van der Waals surface area contributed by atoms with E-state index in [0.29, 0.717) is 6.54 Å². The summed E-state index contributed by atoms with van der Waals surface area (Å²) in [7, 11) is -6.07. The lowest BCUT2D eigenvalue weighted by atomic mass is 10.2. The van der Waals surface area contributed by atoms with E-state index < -0.39 is 40.5 Å². The lowest BCUT2D eigenvalue weighted by molar-refractivity contribution is 0.184. The Morgan fingerprint density at radius 3 is 2.42 bits per heavy atom. The van der Waals surface area contributed by atoms with Gasteiger partial charge < -0.3 is 8.98 Å². The number of sulfonamides is 1. The number of aromatic nitrogens is 1. The summed E-state index contributed by atoms with van der Waals surface area (Å²) in [6.07, 6.45) is 1.63. The number of hydrogen-bond acceptors (Lipinski definition) is 8. The molecule has 0 radical (unpaired) electrons. The highest BCUT2D eigenvalue weighted by Gasteiger charge is 2.40. The molecule has 2 heterocycles. The normalized spacial score (nSPS) is 15.5. The van der Waals surface area contributed by atoms with Crippen molar-refractivity contribution in [1.82, 2.24) is 9.29 Å². The molecule has 1 aromatic carbocycles. The second kappa shape index (κ2) is 12.6. The molecule has 0 fully saturated rings. The van der Waals surface area contributed by atoms with Gasteiger partial charge >= 0.3 is 0 Å². The molecule has 0 aliphatic heterocycles. The fourth-order valence-corrected chi connectivity index (χ4v) is 8.79. The molecule has 0 aliphatic carbocycles. The summed E-state index contributed by atoms with van der Waals surface area (Å²) in [5.41, 5.74) is 2.51. The number of fused-ring (bicyclic) bond motifs is 1. The summed E-state index contributed by atoms with van der Waals surface area (Å²) in [5.74, 6) is 0.0903. The van der Waals surface area contributed by atoms with Gasteiger partial charge in [-0.1, -0.05) is 39.0 Å². The largest absolute Gasteiger partial charge is 0.591 e. The third-order valence-electron chi connectivity index (χ3n) is 6.99. The molecule has 3 aromatic rings. The fourth-order valence-electron chi connectivity index (χ4n) is 3.57. The van der Waals surface area contributed by atoms with Gasteiger partial charge in [0.2, 0.25) is 10.0 Å². The monoisotopic (exact) mass is 641 g/mol. The van der Waals surface area contributed by atoms with Gasteiger partial charge in [0.1, 0.15) is 16.1 Å². The molecule has 0 amide bonds. The summed E-state index contributed by atoms with van der Waals surface area (Å²) >= 11 is 1.50. The molecule has 40 heavy (non-hydrogen) atoms. The van der Waals surface area contributed by atoms with Crippen molar-refractivity contribution in [3.05, 3.63) is 45.6 Å². The summed E-state index contributed by atoms with van der Waals surface area (Å²) in [4.78, 5) is 6.24. The third kappa shape index (κ3) is 8.03. The van der Waals surface area contributed by atoms with E-state index in [2.05, 4.69) is 43.2 Å². The first-order valence-corrected chi connectivity index (χ1v) is 20.5. The van der Waals surface area contributed by atoms with Gasteiger partial charge in [-0.25, -0.2) is 13.4 Å². The van der Waals surface area contributed by atoms with Gasteiger partial charge in [-0.3, -0.25) is 0 Å². The summed E-state index contributed by atoms with van der Waals surface area (Å²) < 4.78 is 54.0. The maximum absolute atomic E-state index is 14.3. The van der Waals surface area contributed by atoms with Crippen LogP contribution in [0.5, 0.6) is 0 Å². The van der Waals surface area contributed by atoms with Crippen LogP contribution in [0.15, 0.2) is 45.1 Å². The number of thiazole rings is 1. The van der Waals surface area contributed by atoms with Crippen molar-refractivity contribution in [3.63, 3.8) is 0 Å². The molecule has 0 bridgehead atoms. The van der Waals surface area contributed by atoms with Crippen molar-refractivity contribution >= 4 is 68.8 Å². The fraction of sp³-hybridized carbons (Fsp3) is 0.571.